The molecule has 1 aromatic carbocycles. The number of benzene rings is 1. The summed E-state index contributed by atoms with van der Waals surface area (Å²) in [5.74, 6) is 0.490. The van der Waals surface area contributed by atoms with Crippen LogP contribution in [0.1, 0.15) is 34.8 Å². The Morgan fingerprint density at radius 2 is 1.93 bits per heavy atom. The minimum atomic E-state index is -0.156. The Labute approximate surface area is 169 Å². The molecular formula is C21H23N7O. The molecule has 0 aliphatic carbocycles. The molecule has 0 spiro atoms. The van der Waals surface area contributed by atoms with Crippen LogP contribution < -0.4 is 10.2 Å². The molecule has 1 N–H and O–H groups in total. The number of hydrogen-bond acceptors (Lipinski definition) is 6. The Hall–Kier alpha value is -3.55. The van der Waals surface area contributed by atoms with E-state index in [1.807, 2.05) is 37.3 Å². The van der Waals surface area contributed by atoms with Crippen LogP contribution in [0.15, 0.2) is 48.3 Å². The highest BCUT2D eigenvalue weighted by Gasteiger charge is 2.21. The lowest BCUT2D eigenvalue weighted by atomic mass is 9.95. The van der Waals surface area contributed by atoms with Crippen LogP contribution in [-0.2, 0) is 7.05 Å². The van der Waals surface area contributed by atoms with Crippen LogP contribution in [0, 0.1) is 6.92 Å². The fourth-order valence-electron chi connectivity index (χ4n) is 3.42. The highest BCUT2D eigenvalue weighted by atomic mass is 16.1. The Morgan fingerprint density at radius 1 is 1.14 bits per heavy atom. The van der Waals surface area contributed by atoms with E-state index in [9.17, 15) is 4.79 Å². The minimum absolute atomic E-state index is 0.156. The van der Waals surface area contributed by atoms with Crippen LogP contribution in [0.3, 0.4) is 0 Å². The van der Waals surface area contributed by atoms with Gasteiger partial charge in [0.15, 0.2) is 0 Å². The van der Waals surface area contributed by atoms with Crippen molar-refractivity contribution in [1.29, 1.82) is 0 Å². The molecule has 29 heavy (non-hydrogen) atoms. The summed E-state index contributed by atoms with van der Waals surface area (Å²) < 4.78 is 0. The molecule has 148 valence electrons. The molecule has 1 aliphatic heterocycles. The number of amides is 1. The lowest BCUT2D eigenvalue weighted by Gasteiger charge is -2.29. The number of aryl methyl sites for hydroxylation is 2. The lowest BCUT2D eigenvalue weighted by molar-refractivity contribution is 0.102. The van der Waals surface area contributed by atoms with Gasteiger partial charge in [-0.2, -0.15) is 4.80 Å². The van der Waals surface area contributed by atoms with Crippen molar-refractivity contribution in [1.82, 2.24) is 25.2 Å². The summed E-state index contributed by atoms with van der Waals surface area (Å²) in [5.41, 5.74) is 5.97. The van der Waals surface area contributed by atoms with Crippen molar-refractivity contribution in [2.24, 2.45) is 7.05 Å². The van der Waals surface area contributed by atoms with Gasteiger partial charge in [0.1, 0.15) is 0 Å². The monoisotopic (exact) mass is 389 g/mol. The summed E-state index contributed by atoms with van der Waals surface area (Å²) in [6.45, 7) is 5.67. The van der Waals surface area contributed by atoms with Gasteiger partial charge in [-0.25, -0.2) is 0 Å². The topological polar surface area (TPSA) is 88.8 Å². The molecule has 0 unspecified atom stereocenters. The maximum absolute atomic E-state index is 12.5. The van der Waals surface area contributed by atoms with E-state index < -0.39 is 0 Å². The predicted molar refractivity (Wildman–Crippen MR) is 112 cm³/mol. The van der Waals surface area contributed by atoms with Gasteiger partial charge < -0.3 is 10.2 Å². The van der Waals surface area contributed by atoms with Crippen LogP contribution in [0.2, 0.25) is 0 Å². The number of rotatable bonds is 4. The molecular weight excluding hydrogens is 366 g/mol. The first-order chi connectivity index (χ1) is 14.0. The number of anilines is 2. The van der Waals surface area contributed by atoms with Gasteiger partial charge in [0.25, 0.3) is 11.9 Å². The average Bonchev–Trinajstić information content (AvgIpc) is 3.16. The standard InChI is InChI=1S/C21H23N7O/c1-14-8-10-22-12-18(14)20(29)23-17-6-4-16(5-7-17)19-13-28(11-9-15(19)2)21-24-26-27(3)25-21/h4-8,10,12H,9,11,13H2,1-3H3,(H,23,29). The Balaban J connectivity index is 1.49. The summed E-state index contributed by atoms with van der Waals surface area (Å²) in [6, 6.07) is 9.77. The number of aromatic nitrogens is 5. The maximum atomic E-state index is 12.5. The van der Waals surface area contributed by atoms with Gasteiger partial charge in [-0.1, -0.05) is 22.8 Å². The zero-order valence-electron chi connectivity index (χ0n) is 16.8. The van der Waals surface area contributed by atoms with Gasteiger partial charge in [0.05, 0.1) is 12.6 Å². The molecule has 0 bridgehead atoms. The molecule has 0 radical (unpaired) electrons. The van der Waals surface area contributed by atoms with E-state index in [2.05, 4.69) is 37.5 Å². The van der Waals surface area contributed by atoms with Crippen LogP contribution in [0.25, 0.3) is 5.57 Å². The number of pyridine rings is 1. The van der Waals surface area contributed by atoms with E-state index in [4.69, 9.17) is 0 Å². The fraction of sp³-hybridized carbons (Fsp3) is 0.286. The Morgan fingerprint density at radius 3 is 2.62 bits per heavy atom. The maximum Gasteiger partial charge on any atom is 0.266 e. The quantitative estimate of drug-likeness (QED) is 0.738. The second kappa shape index (κ2) is 7.83. The molecule has 2 aromatic heterocycles. The van der Waals surface area contributed by atoms with Gasteiger partial charge in [0.2, 0.25) is 0 Å². The molecule has 8 nitrogen and oxygen atoms in total. The Kier molecular flexibility index (Phi) is 5.07. The van der Waals surface area contributed by atoms with E-state index in [-0.39, 0.29) is 5.91 Å². The predicted octanol–water partition coefficient (Wildman–Crippen LogP) is 2.85. The number of carbonyl (C=O) groups excluding carboxylic acids is 1. The van der Waals surface area contributed by atoms with E-state index in [0.717, 1.165) is 36.3 Å². The highest BCUT2D eigenvalue weighted by Crippen LogP contribution is 2.28. The van der Waals surface area contributed by atoms with Crippen molar-refractivity contribution in [3.63, 3.8) is 0 Å². The third-order valence-electron chi connectivity index (χ3n) is 5.18. The summed E-state index contributed by atoms with van der Waals surface area (Å²) in [4.78, 5) is 20.1. The van der Waals surface area contributed by atoms with E-state index >= 15 is 0 Å². The second-order valence-electron chi connectivity index (χ2n) is 7.23. The van der Waals surface area contributed by atoms with Crippen LogP contribution in [0.4, 0.5) is 11.6 Å². The lowest BCUT2D eigenvalue weighted by Crippen LogP contribution is -2.31. The zero-order valence-corrected chi connectivity index (χ0v) is 16.8. The minimum Gasteiger partial charge on any atom is -0.334 e. The first-order valence-corrected chi connectivity index (χ1v) is 9.51. The van der Waals surface area contributed by atoms with Gasteiger partial charge in [0, 0.05) is 31.2 Å². The summed E-state index contributed by atoms with van der Waals surface area (Å²) in [6.07, 6.45) is 4.22. The van der Waals surface area contributed by atoms with Crippen molar-refractivity contribution < 1.29 is 4.79 Å². The number of carbonyl (C=O) groups is 1. The van der Waals surface area contributed by atoms with Crippen LogP contribution in [0.5, 0.6) is 0 Å². The average molecular weight is 389 g/mol. The zero-order chi connectivity index (χ0) is 20.4. The van der Waals surface area contributed by atoms with Gasteiger partial charge in [-0.05, 0) is 60.4 Å². The molecule has 8 heteroatoms. The number of nitrogens with zero attached hydrogens (tertiary/aromatic N) is 6. The SMILES string of the molecule is CC1=C(c2ccc(NC(=O)c3cnccc3C)cc2)CN(c2nnn(C)n2)CC1. The Bertz CT molecular complexity index is 1070. The second-order valence-corrected chi connectivity index (χ2v) is 7.23. The van der Waals surface area contributed by atoms with Gasteiger partial charge in [-0.15, -0.1) is 5.10 Å². The number of nitrogens with one attached hydrogen (secondary N) is 1. The number of tetrazole rings is 1. The normalized spacial score (nSPS) is 14.2. The van der Waals surface area contributed by atoms with Crippen molar-refractivity contribution in [3.05, 3.63) is 65.0 Å². The molecule has 1 aliphatic rings. The summed E-state index contributed by atoms with van der Waals surface area (Å²) in [7, 11) is 1.77. The third-order valence-corrected chi connectivity index (χ3v) is 5.18. The van der Waals surface area contributed by atoms with Crippen LogP contribution >= 0.6 is 0 Å². The number of hydrogen-bond donors (Lipinski definition) is 1. The van der Waals surface area contributed by atoms with Crippen molar-refractivity contribution in [3.8, 4) is 0 Å². The van der Waals surface area contributed by atoms with E-state index in [1.54, 1.807) is 19.4 Å². The molecule has 0 fully saturated rings. The first kappa shape index (κ1) is 18.8. The molecule has 0 saturated heterocycles. The first-order valence-electron chi connectivity index (χ1n) is 9.51. The molecule has 4 rings (SSSR count). The molecule has 0 saturated carbocycles. The smallest absolute Gasteiger partial charge is 0.266 e. The third kappa shape index (κ3) is 4.01. The van der Waals surface area contributed by atoms with Gasteiger partial charge in [-0.3, -0.25) is 9.78 Å². The highest BCUT2D eigenvalue weighted by molar-refractivity contribution is 6.05. The summed E-state index contributed by atoms with van der Waals surface area (Å²) in [5, 5.41) is 15.3. The molecule has 1 amide bonds. The van der Waals surface area contributed by atoms with Crippen molar-refractivity contribution in [2.75, 3.05) is 23.3 Å². The molecule has 0 atom stereocenters. The van der Waals surface area contributed by atoms with E-state index in [1.165, 1.54) is 15.9 Å². The van der Waals surface area contributed by atoms with Crippen molar-refractivity contribution >= 4 is 23.1 Å². The molecule has 3 aromatic rings. The largest absolute Gasteiger partial charge is 0.334 e. The molecule has 3 heterocycles. The fourth-order valence-corrected chi connectivity index (χ4v) is 3.42. The van der Waals surface area contributed by atoms with Crippen molar-refractivity contribution in [2.45, 2.75) is 20.3 Å². The van der Waals surface area contributed by atoms with E-state index in [0.29, 0.717) is 11.5 Å². The van der Waals surface area contributed by atoms with Gasteiger partial charge >= 0.3 is 0 Å². The van der Waals surface area contributed by atoms with Crippen LogP contribution in [-0.4, -0.2) is 44.2 Å². The summed E-state index contributed by atoms with van der Waals surface area (Å²) >= 11 is 0.